The van der Waals surface area contributed by atoms with Crippen molar-refractivity contribution in [2.24, 2.45) is 11.8 Å². The zero-order valence-electron chi connectivity index (χ0n) is 19.1. The van der Waals surface area contributed by atoms with Gasteiger partial charge in [0.2, 0.25) is 11.8 Å². The van der Waals surface area contributed by atoms with Gasteiger partial charge in [0.25, 0.3) is 0 Å². The third-order valence-electron chi connectivity index (χ3n) is 7.19. The number of nitrogens with zero attached hydrogens (tertiary/aromatic N) is 2. The highest BCUT2D eigenvalue weighted by Crippen LogP contribution is 2.51. The summed E-state index contributed by atoms with van der Waals surface area (Å²) in [6, 6.07) is 18.1. The number of ether oxygens (including phenoxy) is 1. The Kier molecular flexibility index (Phi) is 5.50. The molecule has 3 aliphatic rings. The van der Waals surface area contributed by atoms with Crippen LogP contribution in [0.4, 0.5) is 11.4 Å². The zero-order chi connectivity index (χ0) is 25.1. The first-order chi connectivity index (χ1) is 17.4. The van der Waals surface area contributed by atoms with Gasteiger partial charge in [-0.15, -0.1) is 0 Å². The molecule has 36 heavy (non-hydrogen) atoms. The van der Waals surface area contributed by atoms with E-state index in [1.165, 1.54) is 12.0 Å². The van der Waals surface area contributed by atoms with Crippen LogP contribution in [0, 0.1) is 11.8 Å². The predicted molar refractivity (Wildman–Crippen MR) is 141 cm³/mol. The van der Waals surface area contributed by atoms with Gasteiger partial charge in [-0.1, -0.05) is 70.0 Å². The quantitative estimate of drug-likeness (QED) is 0.315. The fraction of sp³-hybridized carbons (Fsp3) is 0.179. The van der Waals surface area contributed by atoms with Crippen LogP contribution in [0.5, 0.6) is 5.75 Å². The van der Waals surface area contributed by atoms with Crippen molar-refractivity contribution in [3.63, 3.8) is 0 Å². The second-order valence-electron chi connectivity index (χ2n) is 9.01. The molecular formula is C28H20BrClN2O4. The van der Waals surface area contributed by atoms with E-state index in [9.17, 15) is 14.4 Å². The van der Waals surface area contributed by atoms with Crippen molar-refractivity contribution < 1.29 is 19.1 Å². The van der Waals surface area contributed by atoms with Crippen molar-refractivity contribution >= 4 is 62.6 Å². The second-order valence-corrected chi connectivity index (χ2v) is 10.4. The Hall–Kier alpha value is -3.42. The fourth-order valence-corrected chi connectivity index (χ4v) is 6.10. The predicted octanol–water partition coefficient (Wildman–Crippen LogP) is 5.38. The van der Waals surface area contributed by atoms with Crippen LogP contribution >= 0.6 is 27.5 Å². The molecule has 0 aliphatic carbocycles. The van der Waals surface area contributed by atoms with E-state index in [2.05, 4.69) is 15.9 Å². The maximum absolute atomic E-state index is 14.0. The number of fused-ring (bicyclic) bond motifs is 5. The Morgan fingerprint density at radius 3 is 2.42 bits per heavy atom. The van der Waals surface area contributed by atoms with Gasteiger partial charge in [0.15, 0.2) is 5.78 Å². The molecule has 3 aromatic rings. The summed E-state index contributed by atoms with van der Waals surface area (Å²) in [4.78, 5) is 45.0. The SMILES string of the molecule is COc1ccccc1N1C(=O)[C@@H]2[C@H](C1=O)[C@@H](C(=O)c1ccc(Br)cc1)N1c3cc(Cl)ccc3C=C[C@@H]21. The average Bonchev–Trinajstić information content (AvgIpc) is 3.36. The van der Waals surface area contributed by atoms with E-state index < -0.39 is 29.8 Å². The van der Waals surface area contributed by atoms with Crippen LogP contribution in [0.15, 0.2) is 77.3 Å². The first-order valence-corrected chi connectivity index (χ1v) is 12.6. The Bertz CT molecular complexity index is 1450. The summed E-state index contributed by atoms with van der Waals surface area (Å²) in [5, 5.41) is 0.517. The van der Waals surface area contributed by atoms with Crippen molar-refractivity contribution in [3.05, 3.63) is 93.4 Å². The Labute approximate surface area is 221 Å². The van der Waals surface area contributed by atoms with Gasteiger partial charge < -0.3 is 9.64 Å². The Morgan fingerprint density at radius 1 is 0.944 bits per heavy atom. The number of methoxy groups -OCH3 is 1. The van der Waals surface area contributed by atoms with E-state index in [0.29, 0.717) is 22.0 Å². The third kappa shape index (κ3) is 3.33. The lowest BCUT2D eigenvalue weighted by molar-refractivity contribution is -0.122. The van der Waals surface area contributed by atoms with Gasteiger partial charge in [0, 0.05) is 20.7 Å². The summed E-state index contributed by atoms with van der Waals surface area (Å²) in [6.45, 7) is 0. The molecule has 0 saturated carbocycles. The highest BCUT2D eigenvalue weighted by Gasteiger charge is 2.64. The van der Waals surface area contributed by atoms with Gasteiger partial charge >= 0.3 is 0 Å². The molecule has 4 atom stereocenters. The van der Waals surface area contributed by atoms with Gasteiger partial charge in [-0.3, -0.25) is 14.4 Å². The smallest absolute Gasteiger partial charge is 0.240 e. The monoisotopic (exact) mass is 562 g/mol. The van der Waals surface area contributed by atoms with Crippen LogP contribution in [-0.4, -0.2) is 36.8 Å². The van der Waals surface area contributed by atoms with E-state index in [4.69, 9.17) is 16.3 Å². The molecule has 6 rings (SSSR count). The van der Waals surface area contributed by atoms with Crippen molar-refractivity contribution in [2.75, 3.05) is 16.9 Å². The molecule has 3 aromatic carbocycles. The number of anilines is 2. The van der Waals surface area contributed by atoms with Crippen molar-refractivity contribution in [1.82, 2.24) is 0 Å². The first-order valence-electron chi connectivity index (χ1n) is 11.5. The lowest BCUT2D eigenvalue weighted by Crippen LogP contribution is -2.48. The van der Waals surface area contributed by atoms with Crippen LogP contribution in [0.25, 0.3) is 6.08 Å². The maximum atomic E-state index is 14.0. The number of imide groups is 1. The molecule has 180 valence electrons. The molecule has 0 radical (unpaired) electrons. The topological polar surface area (TPSA) is 66.9 Å². The largest absolute Gasteiger partial charge is 0.495 e. The summed E-state index contributed by atoms with van der Waals surface area (Å²) in [5.74, 6) is -2.14. The van der Waals surface area contributed by atoms with Crippen LogP contribution in [0.2, 0.25) is 5.02 Å². The van der Waals surface area contributed by atoms with Crippen LogP contribution in [-0.2, 0) is 9.59 Å². The molecule has 0 aromatic heterocycles. The van der Waals surface area contributed by atoms with Gasteiger partial charge in [0.1, 0.15) is 11.8 Å². The molecule has 2 fully saturated rings. The minimum Gasteiger partial charge on any atom is -0.495 e. The number of rotatable bonds is 4. The third-order valence-corrected chi connectivity index (χ3v) is 7.96. The summed E-state index contributed by atoms with van der Waals surface area (Å²) in [7, 11) is 1.50. The lowest BCUT2D eigenvalue weighted by atomic mass is 9.86. The van der Waals surface area contributed by atoms with Crippen molar-refractivity contribution in [2.45, 2.75) is 12.1 Å². The summed E-state index contributed by atoms with van der Waals surface area (Å²) < 4.78 is 6.28. The van der Waals surface area contributed by atoms with Crippen molar-refractivity contribution in [3.8, 4) is 5.75 Å². The molecule has 2 saturated heterocycles. The number of hydrogen-bond donors (Lipinski definition) is 0. The number of ketones is 1. The van der Waals surface area contributed by atoms with Crippen LogP contribution < -0.4 is 14.5 Å². The fourth-order valence-electron chi connectivity index (χ4n) is 5.67. The van der Waals surface area contributed by atoms with Gasteiger partial charge in [-0.05, 0) is 42.0 Å². The number of halogens is 2. The van der Waals surface area contributed by atoms with Gasteiger partial charge in [0.05, 0.1) is 30.7 Å². The number of carbonyl (C=O) groups excluding carboxylic acids is 3. The lowest BCUT2D eigenvalue weighted by Gasteiger charge is -2.36. The highest BCUT2D eigenvalue weighted by molar-refractivity contribution is 9.10. The van der Waals surface area contributed by atoms with Crippen LogP contribution in [0.3, 0.4) is 0 Å². The van der Waals surface area contributed by atoms with E-state index in [0.717, 1.165) is 15.7 Å². The first kappa shape index (κ1) is 23.0. The molecule has 0 unspecified atom stereocenters. The number of Topliss-reactive ketones (excluding diaryl/α,β-unsaturated/α-hetero) is 1. The molecule has 0 bridgehead atoms. The zero-order valence-corrected chi connectivity index (χ0v) is 21.4. The van der Waals surface area contributed by atoms with Gasteiger partial charge in [-0.2, -0.15) is 0 Å². The maximum Gasteiger partial charge on any atom is 0.240 e. The molecule has 8 heteroatoms. The normalized spacial score (nSPS) is 24.0. The summed E-state index contributed by atoms with van der Waals surface area (Å²) in [5.41, 5.74) is 2.47. The summed E-state index contributed by atoms with van der Waals surface area (Å²) in [6.07, 6.45) is 3.85. The number of benzene rings is 3. The minimum atomic E-state index is -0.875. The molecule has 3 heterocycles. The van der Waals surface area contributed by atoms with E-state index in [-0.39, 0.29) is 11.7 Å². The molecule has 0 N–H and O–H groups in total. The number of carbonyl (C=O) groups is 3. The number of para-hydroxylation sites is 2. The minimum absolute atomic E-state index is 0.218. The van der Waals surface area contributed by atoms with E-state index in [1.807, 2.05) is 23.1 Å². The van der Waals surface area contributed by atoms with Crippen LogP contribution in [0.1, 0.15) is 15.9 Å². The Morgan fingerprint density at radius 2 is 1.67 bits per heavy atom. The molecule has 6 nitrogen and oxygen atoms in total. The van der Waals surface area contributed by atoms with E-state index >= 15 is 0 Å². The van der Waals surface area contributed by atoms with Crippen molar-refractivity contribution in [1.29, 1.82) is 0 Å². The molecule has 0 spiro atoms. The van der Waals surface area contributed by atoms with Gasteiger partial charge in [-0.25, -0.2) is 4.90 Å². The second kappa shape index (κ2) is 8.61. The number of amides is 2. The molecular weight excluding hydrogens is 544 g/mol. The highest BCUT2D eigenvalue weighted by atomic mass is 79.9. The molecule has 3 aliphatic heterocycles. The number of hydrogen-bond acceptors (Lipinski definition) is 5. The molecule has 2 amide bonds. The Balaban J connectivity index is 1.51. The standard InChI is InChI=1S/C28H20BrClN2O4/c1-36-22-5-3-2-4-19(22)32-27(34)23-20-13-9-15-8-12-18(30)14-21(15)31(20)25(24(23)28(32)35)26(33)16-6-10-17(29)11-7-16/h2-14,20,23-25H,1H3/t20-,23-,24-,25-/m0/s1. The summed E-state index contributed by atoms with van der Waals surface area (Å²) >= 11 is 9.76. The average molecular weight is 564 g/mol. The van der Waals surface area contributed by atoms with E-state index in [1.54, 1.807) is 60.7 Å².